The number of hydrogen-bond donors (Lipinski definition) is 2. The van der Waals surface area contributed by atoms with Crippen LogP contribution in [0.25, 0.3) is 27.6 Å². The molecule has 2 N–H and O–H groups in total. The second-order valence-corrected chi connectivity index (χ2v) is 33.5. The molecule has 532 valence electrons. The van der Waals surface area contributed by atoms with Crippen molar-refractivity contribution in [2.24, 2.45) is 11.7 Å². The number of rotatable bonds is 24. The van der Waals surface area contributed by atoms with Crippen LogP contribution in [0.15, 0.2) is 125 Å². The monoisotopic (exact) mass is 1500 g/mol. The summed E-state index contributed by atoms with van der Waals surface area (Å²) in [4.78, 5) is 27.8. The fraction of sp³-hybridized carbons (Fsp3) is 0.494. The van der Waals surface area contributed by atoms with Crippen LogP contribution in [0, 0.1) is 37.7 Å². The summed E-state index contributed by atoms with van der Waals surface area (Å²) < 4.78 is 10.1. The third-order valence-electron chi connectivity index (χ3n) is 16.3. The second kappa shape index (κ2) is 50.5. The van der Waals surface area contributed by atoms with Crippen molar-refractivity contribution >= 4 is 114 Å². The SMILES string of the molecule is CC(=O)CCl.CC(Br)C#N.CCN(C)CCC1=C(C(C)C(N)=S)c2ccccc2C1.CCOP(=S)(S)OCC.CN(C)CCC1=Cc2ccccc2C1.Cc1csc(C(C)C2=C(CCN(C)C)Cc3ccccc32)n1.[C-]#[N+]C(C)C1=C(CCN(C)C)Cc2ccccc21.[CH2-]CCC.[Li+]. The number of nitrogens with two attached hydrogens (primary N) is 1. The van der Waals surface area contributed by atoms with Crippen molar-refractivity contribution in [3.63, 3.8) is 0 Å². The van der Waals surface area contributed by atoms with Gasteiger partial charge < -0.3 is 46.1 Å². The predicted octanol–water partition coefficient (Wildman–Crippen LogP) is 16.6. The summed E-state index contributed by atoms with van der Waals surface area (Å²) in [7, 11) is 14.9. The normalized spacial score (nSPS) is 14.1. The Bertz CT molecular complexity index is 3470. The van der Waals surface area contributed by atoms with E-state index in [1.54, 1.807) is 29.4 Å². The first-order valence-electron chi connectivity index (χ1n) is 34.0. The summed E-state index contributed by atoms with van der Waals surface area (Å²) >= 11 is 23.9. The maximum absolute atomic E-state index is 9.68. The van der Waals surface area contributed by atoms with Gasteiger partial charge in [0, 0.05) is 61.6 Å². The molecule has 9 rings (SSSR count). The maximum atomic E-state index is 9.68. The topological polar surface area (TPSA) is 116 Å². The number of ketones is 1. The zero-order valence-electron chi connectivity index (χ0n) is 62.4. The molecule has 5 aromatic rings. The fourth-order valence-electron chi connectivity index (χ4n) is 11.0. The zero-order chi connectivity index (χ0) is 72.8. The van der Waals surface area contributed by atoms with Gasteiger partial charge in [-0.1, -0.05) is 200 Å². The molecule has 4 unspecified atom stereocenters. The molecule has 1 aromatic heterocycles. The van der Waals surface area contributed by atoms with Crippen LogP contribution in [-0.2, 0) is 51.3 Å². The Morgan fingerprint density at radius 3 is 1.52 bits per heavy atom. The smallest absolute Gasteiger partial charge is 0.393 e. The molecule has 4 aliphatic rings. The zero-order valence-corrected chi connectivity index (χ0v) is 69.0. The maximum Gasteiger partial charge on any atom is 1.00 e. The number of aryl methyl sites for hydroxylation is 1. The molecule has 0 radical (unpaired) electrons. The third-order valence-corrected chi connectivity index (χ3v) is 20.8. The van der Waals surface area contributed by atoms with Crippen LogP contribution in [0.3, 0.4) is 0 Å². The van der Waals surface area contributed by atoms with Crippen LogP contribution in [-0.4, -0.2) is 147 Å². The van der Waals surface area contributed by atoms with Crippen LogP contribution >= 0.6 is 69.0 Å². The Kier molecular flexibility index (Phi) is 47.5. The van der Waals surface area contributed by atoms with E-state index in [1.165, 1.54) is 97.1 Å². The Morgan fingerprint density at radius 1 is 0.745 bits per heavy atom. The summed E-state index contributed by atoms with van der Waals surface area (Å²) in [6.45, 7) is 37.3. The van der Waals surface area contributed by atoms with E-state index in [4.69, 9.17) is 67.2 Å². The Morgan fingerprint density at radius 2 is 1.14 bits per heavy atom. The van der Waals surface area contributed by atoms with Gasteiger partial charge in [-0.2, -0.15) is 11.7 Å². The van der Waals surface area contributed by atoms with E-state index in [-0.39, 0.29) is 47.3 Å². The molecule has 0 spiro atoms. The van der Waals surface area contributed by atoms with Crippen molar-refractivity contribution < 1.29 is 32.7 Å². The number of carbonyl (C=O) groups is 1. The first-order chi connectivity index (χ1) is 46.1. The summed E-state index contributed by atoms with van der Waals surface area (Å²) in [6.07, 6.45) is 13.5. The number of unbranched alkanes of at least 4 members (excludes halogenated alkanes) is 1. The fourth-order valence-corrected chi connectivity index (χ4v) is 14.0. The largest absolute Gasteiger partial charge is 1.00 e. The third kappa shape index (κ3) is 34.0. The Labute approximate surface area is 639 Å². The number of nitrogens with zero attached hydrogens (tertiary/aromatic N) is 7. The molecular formula is C79H114BrClLiN8O3PS4. The molecule has 98 heavy (non-hydrogen) atoms. The number of fused-ring (bicyclic) bond motifs is 4. The number of aromatic nitrogens is 1. The van der Waals surface area contributed by atoms with E-state index >= 15 is 0 Å². The molecule has 0 aliphatic heterocycles. The average Bonchev–Trinajstić information content (AvgIpc) is 1.65. The standard InChI is InChI=1S/C19H24N2S.C17H24N2S.C16H20N2.C13H17N.C4H11O2PS2.C4H9.C3H4BrN.C3H5ClO.Li/c1-13-12-22-19(20-13)14(2)18-16(9-10-21(3)4)11-15-7-5-6-8-17(15)18;1-4-19(3)10-9-14-11-13-7-5-6-8-15(13)16(14)12(2)17(18)20;1-12(17-2)16-14(9-10-18(3)4)11-13-7-5-6-8-15(13)16;1-14(2)8-7-11-9-12-5-3-4-6-13(12)10-11;1-3-5-7(8,9)6-4-2;1-3-4-2;1-3(4)2-5;1-3(5)2-4;/h5-8,12,14H,9-11H2,1-4H3;5-8,12H,4,9-11H2,1-3H3,(H2,18,20);5-8,12H,9-11H2,1,3-4H3;3-6,9H,7-8,10H2,1-2H3;3-4H2,1-2H3,(H,8,9);1,3-4H2,2H3;3H,1H3;2H2,1H3;/q;;;;;-1;;;+1. The molecule has 0 saturated heterocycles. The summed E-state index contributed by atoms with van der Waals surface area (Å²) in [6, 6.07) is 36.6. The quantitative estimate of drug-likeness (QED) is 0.0153. The van der Waals surface area contributed by atoms with E-state index in [0.717, 1.165) is 89.8 Å². The van der Waals surface area contributed by atoms with Crippen LogP contribution in [0.4, 0.5) is 0 Å². The average molecular weight is 1510 g/mol. The minimum Gasteiger partial charge on any atom is -0.393 e. The molecule has 0 fully saturated rings. The van der Waals surface area contributed by atoms with Crippen LogP contribution in [0.2, 0.25) is 0 Å². The molecule has 4 atom stereocenters. The molecule has 0 saturated carbocycles. The minimum atomic E-state index is -2.16. The molecule has 0 amide bonds. The minimum absolute atomic E-state index is 0. The number of thiocarbonyl (C=S) groups is 1. The molecular weight excluding hydrogens is 1390 g/mol. The summed E-state index contributed by atoms with van der Waals surface area (Å²) in [5.74, 6) is 0.710. The van der Waals surface area contributed by atoms with Crippen LogP contribution in [0.1, 0.15) is 162 Å². The van der Waals surface area contributed by atoms with Gasteiger partial charge in [0.1, 0.15) is 10.8 Å². The number of halogens is 2. The Hall–Kier alpha value is -3.86. The van der Waals surface area contributed by atoms with Gasteiger partial charge in [0.15, 0.2) is 0 Å². The molecule has 4 aliphatic carbocycles. The van der Waals surface area contributed by atoms with Crippen molar-refractivity contribution in [1.82, 2.24) is 24.6 Å². The van der Waals surface area contributed by atoms with E-state index < -0.39 is 5.69 Å². The van der Waals surface area contributed by atoms with Gasteiger partial charge in [-0.3, -0.25) is 4.79 Å². The number of benzene rings is 4. The number of thiazole rings is 1. The number of carbonyl (C=O) groups excluding carboxylic acids is 1. The van der Waals surface area contributed by atoms with E-state index in [0.29, 0.717) is 24.1 Å². The number of hydrogen-bond acceptors (Lipinski definition) is 12. The molecule has 0 bridgehead atoms. The molecule has 4 aromatic carbocycles. The molecule has 11 nitrogen and oxygen atoms in total. The van der Waals surface area contributed by atoms with Crippen molar-refractivity contribution in [1.29, 1.82) is 5.26 Å². The Balaban J connectivity index is 0.000000592. The van der Waals surface area contributed by atoms with Gasteiger partial charge in [0.05, 0.1) is 35.0 Å². The van der Waals surface area contributed by atoms with Gasteiger partial charge in [0.25, 0.3) is 0 Å². The second-order valence-electron chi connectivity index (χ2n) is 25.3. The summed E-state index contributed by atoms with van der Waals surface area (Å²) in [5.41, 5.74) is 26.4. The van der Waals surface area contributed by atoms with Gasteiger partial charge in [0.2, 0.25) is 11.7 Å². The summed E-state index contributed by atoms with van der Waals surface area (Å²) in [5, 5.41) is 11.2. The number of thiol groups is 1. The number of nitriles is 1. The number of allylic oxidation sites excluding steroid dienone is 1. The number of Topliss-reactive ketones (excluding diaryl/α,β-unsaturated/α-hetero) is 1. The van der Waals surface area contributed by atoms with Gasteiger partial charge >= 0.3 is 18.9 Å². The molecule has 19 heteroatoms. The van der Waals surface area contributed by atoms with E-state index in [2.05, 4.69) is 252 Å². The van der Waals surface area contributed by atoms with Crippen LogP contribution < -0.4 is 24.6 Å². The first kappa shape index (κ1) is 92.1. The van der Waals surface area contributed by atoms with E-state index in [1.807, 2.05) is 26.8 Å². The van der Waals surface area contributed by atoms with Crippen molar-refractivity contribution in [2.75, 3.05) is 101 Å². The predicted molar refractivity (Wildman–Crippen MR) is 436 cm³/mol. The van der Waals surface area contributed by atoms with Crippen molar-refractivity contribution in [3.8, 4) is 6.07 Å². The van der Waals surface area contributed by atoms with Gasteiger partial charge in [-0.05, 0) is 209 Å². The van der Waals surface area contributed by atoms with E-state index in [9.17, 15) is 4.79 Å². The van der Waals surface area contributed by atoms with Gasteiger partial charge in [-0.25, -0.2) is 11.6 Å². The first-order valence-corrected chi connectivity index (χ1v) is 40.5. The van der Waals surface area contributed by atoms with Crippen LogP contribution in [0.5, 0.6) is 0 Å². The number of alkyl halides is 2. The van der Waals surface area contributed by atoms with Gasteiger partial charge in [-0.15, -0.1) is 22.9 Å². The van der Waals surface area contributed by atoms with Crippen molar-refractivity contribution in [3.05, 3.63) is 198 Å². The van der Waals surface area contributed by atoms with Crippen molar-refractivity contribution in [2.45, 2.75) is 150 Å². The molecule has 1 heterocycles.